The molecule has 0 bridgehead atoms. The molecule has 0 spiro atoms. The van der Waals surface area contributed by atoms with Gasteiger partial charge in [0.25, 0.3) is 0 Å². The fourth-order valence-corrected chi connectivity index (χ4v) is 4.23. The van der Waals surface area contributed by atoms with Crippen LogP contribution in [-0.4, -0.2) is 29.9 Å². The monoisotopic (exact) mass is 429 g/mol. The van der Waals surface area contributed by atoms with E-state index >= 15 is 0 Å². The van der Waals surface area contributed by atoms with Crippen molar-refractivity contribution in [3.63, 3.8) is 0 Å². The zero-order valence-electron chi connectivity index (χ0n) is 14.4. The zero-order valence-corrected chi connectivity index (χ0v) is 16.0. The van der Waals surface area contributed by atoms with Crippen molar-refractivity contribution in [2.24, 2.45) is 0 Å². The third-order valence-electron chi connectivity index (χ3n) is 5.09. The van der Waals surface area contributed by atoms with Gasteiger partial charge in [0.15, 0.2) is 5.82 Å². The number of imidazole rings is 1. The lowest BCUT2D eigenvalue weighted by atomic mass is 10.1. The minimum absolute atomic E-state index is 0.449. The number of aromatic amines is 1. The second-order valence-electron chi connectivity index (χ2n) is 6.64. The Morgan fingerprint density at radius 1 is 0.893 bits per heavy atom. The Bertz CT molecular complexity index is 1550. The molecular weight excluding hydrogens is 418 g/mol. The van der Waals surface area contributed by atoms with E-state index in [-0.39, 0.29) is 0 Å². The molecule has 0 unspecified atom stereocenters. The maximum absolute atomic E-state index is 11.1. The van der Waals surface area contributed by atoms with Crippen LogP contribution in [0.3, 0.4) is 0 Å². The molecule has 134 valence electrons. The van der Waals surface area contributed by atoms with E-state index < -0.39 is 0 Å². The van der Waals surface area contributed by atoms with E-state index in [0.29, 0.717) is 22.4 Å². The first-order valence-corrected chi connectivity index (χ1v) is 9.52. The highest BCUT2D eigenvalue weighted by molar-refractivity contribution is 9.10. The van der Waals surface area contributed by atoms with Gasteiger partial charge in [-0.05, 0) is 30.3 Å². The fraction of sp³-hybridized carbons (Fsp3) is 0. The van der Waals surface area contributed by atoms with E-state index in [1.54, 1.807) is 12.4 Å². The van der Waals surface area contributed by atoms with Gasteiger partial charge in [-0.25, -0.2) is 4.98 Å². The Kier molecular flexibility index (Phi) is 3.08. The number of fused-ring (bicyclic) bond motifs is 7. The van der Waals surface area contributed by atoms with E-state index in [1.807, 2.05) is 48.7 Å². The summed E-state index contributed by atoms with van der Waals surface area (Å²) in [7, 11) is 0. The first kappa shape index (κ1) is 15.6. The van der Waals surface area contributed by atoms with E-state index in [1.165, 1.54) is 0 Å². The van der Waals surface area contributed by atoms with Crippen molar-refractivity contribution in [3.8, 4) is 11.4 Å². The summed E-state index contributed by atoms with van der Waals surface area (Å²) in [5, 5.41) is 14.0. The van der Waals surface area contributed by atoms with E-state index in [0.717, 1.165) is 42.0 Å². The molecule has 4 heterocycles. The summed E-state index contributed by atoms with van der Waals surface area (Å²) in [5.74, 6) is 0.449. The van der Waals surface area contributed by atoms with Gasteiger partial charge in [-0.3, -0.25) is 9.97 Å². The van der Waals surface area contributed by atoms with Crippen molar-refractivity contribution in [1.82, 2.24) is 24.7 Å². The molecule has 6 rings (SSSR count). The Balaban J connectivity index is 1.81. The molecule has 2 N–H and O–H groups in total. The largest absolute Gasteiger partial charge is 0.426 e. The molecular formula is C21H12BrN5O. The van der Waals surface area contributed by atoms with Crippen LogP contribution in [0, 0.1) is 0 Å². The summed E-state index contributed by atoms with van der Waals surface area (Å²) >= 11 is 3.52. The van der Waals surface area contributed by atoms with Crippen LogP contribution in [-0.2, 0) is 0 Å². The molecule has 0 atom stereocenters. The average Bonchev–Trinajstić information content (AvgIpc) is 3.29. The molecule has 2 aromatic carbocycles. The minimum atomic E-state index is 0.449. The van der Waals surface area contributed by atoms with Gasteiger partial charge in [0.1, 0.15) is 16.6 Å². The van der Waals surface area contributed by atoms with Crippen LogP contribution in [0.4, 0.5) is 0 Å². The minimum Gasteiger partial charge on any atom is -0.426 e. The van der Waals surface area contributed by atoms with Gasteiger partial charge in [0.2, 0.25) is 0 Å². The standard InChI is InChI=1S/C21H12BrN5O/c22-11-5-6-16-14(9-11)15(10-25-16)21-26-19-17-12(3-1-7-23-17)13-4-2-8-24-18(13)20(19)27(21)28/h1-10,25,28H. The average molecular weight is 430 g/mol. The van der Waals surface area contributed by atoms with E-state index in [2.05, 4.69) is 30.9 Å². The fourth-order valence-electron chi connectivity index (χ4n) is 3.86. The van der Waals surface area contributed by atoms with Crippen molar-refractivity contribution >= 4 is 59.7 Å². The van der Waals surface area contributed by atoms with Gasteiger partial charge in [-0.2, -0.15) is 4.73 Å². The van der Waals surface area contributed by atoms with Crippen molar-refractivity contribution in [2.75, 3.05) is 0 Å². The van der Waals surface area contributed by atoms with Crippen molar-refractivity contribution in [1.29, 1.82) is 0 Å². The Morgan fingerprint density at radius 3 is 2.46 bits per heavy atom. The number of aromatic nitrogens is 5. The first-order chi connectivity index (χ1) is 13.7. The molecule has 7 heteroatoms. The van der Waals surface area contributed by atoms with Crippen molar-refractivity contribution in [2.45, 2.75) is 0 Å². The second kappa shape index (κ2) is 5.53. The predicted octanol–water partition coefficient (Wildman–Crippen LogP) is 5.28. The quantitative estimate of drug-likeness (QED) is 0.275. The number of hydrogen-bond acceptors (Lipinski definition) is 4. The topological polar surface area (TPSA) is 79.6 Å². The Hall–Kier alpha value is -3.45. The molecule has 0 saturated heterocycles. The number of hydrogen-bond donors (Lipinski definition) is 2. The lowest BCUT2D eigenvalue weighted by Crippen LogP contribution is -1.95. The summed E-state index contributed by atoms with van der Waals surface area (Å²) in [5.41, 5.74) is 4.40. The lowest BCUT2D eigenvalue weighted by molar-refractivity contribution is 0.203. The van der Waals surface area contributed by atoms with Gasteiger partial charge in [0.05, 0.1) is 5.52 Å². The van der Waals surface area contributed by atoms with Gasteiger partial charge >= 0.3 is 0 Å². The summed E-state index contributed by atoms with van der Waals surface area (Å²) in [6.45, 7) is 0. The van der Waals surface area contributed by atoms with Gasteiger partial charge < -0.3 is 10.2 Å². The van der Waals surface area contributed by atoms with E-state index in [9.17, 15) is 5.21 Å². The number of H-pyrrole nitrogens is 1. The molecule has 0 aliphatic heterocycles. The third-order valence-corrected chi connectivity index (χ3v) is 5.59. The summed E-state index contributed by atoms with van der Waals surface area (Å²) in [6.07, 6.45) is 5.32. The second-order valence-corrected chi connectivity index (χ2v) is 7.55. The summed E-state index contributed by atoms with van der Waals surface area (Å²) in [6, 6.07) is 13.7. The first-order valence-electron chi connectivity index (χ1n) is 8.72. The number of nitrogens with one attached hydrogen (secondary N) is 1. The van der Waals surface area contributed by atoms with Crippen molar-refractivity contribution in [3.05, 3.63) is 65.5 Å². The molecule has 28 heavy (non-hydrogen) atoms. The number of benzene rings is 2. The number of halogens is 1. The molecule has 0 radical (unpaired) electrons. The Labute approximate surface area is 166 Å². The van der Waals surface area contributed by atoms with Crippen LogP contribution < -0.4 is 0 Å². The van der Waals surface area contributed by atoms with Crippen LogP contribution in [0.1, 0.15) is 0 Å². The van der Waals surface area contributed by atoms with Gasteiger partial charge in [-0.1, -0.05) is 28.1 Å². The zero-order chi connectivity index (χ0) is 18.8. The molecule has 0 fully saturated rings. The summed E-state index contributed by atoms with van der Waals surface area (Å²) in [4.78, 5) is 17.1. The molecule has 0 aliphatic carbocycles. The van der Waals surface area contributed by atoms with Crippen molar-refractivity contribution < 1.29 is 5.21 Å². The van der Waals surface area contributed by atoms with Gasteiger partial charge in [0, 0.05) is 50.3 Å². The summed E-state index contributed by atoms with van der Waals surface area (Å²) < 4.78 is 2.09. The molecule has 0 aliphatic rings. The van der Waals surface area contributed by atoms with E-state index in [4.69, 9.17) is 4.98 Å². The van der Waals surface area contributed by atoms with Crippen LogP contribution in [0.15, 0.2) is 65.5 Å². The normalized spacial score (nSPS) is 11.9. The van der Waals surface area contributed by atoms with Crippen LogP contribution >= 0.6 is 15.9 Å². The lowest BCUT2D eigenvalue weighted by Gasteiger charge is -2.05. The molecule has 6 nitrogen and oxygen atoms in total. The highest BCUT2D eigenvalue weighted by atomic mass is 79.9. The smallest absolute Gasteiger partial charge is 0.178 e. The molecule has 4 aromatic heterocycles. The number of pyridine rings is 2. The number of nitrogens with zero attached hydrogens (tertiary/aromatic N) is 4. The number of rotatable bonds is 1. The SMILES string of the molecule is On1c(-c2c[nH]c3ccc(Br)cc23)nc2c3ncccc3c3cccnc3c21. The molecule has 6 aromatic rings. The molecule has 0 saturated carbocycles. The maximum atomic E-state index is 11.1. The van der Waals surface area contributed by atoms with Crippen LogP contribution in [0.25, 0.3) is 55.1 Å². The van der Waals surface area contributed by atoms with Crippen LogP contribution in [0.2, 0.25) is 0 Å². The van der Waals surface area contributed by atoms with Crippen LogP contribution in [0.5, 0.6) is 0 Å². The third kappa shape index (κ3) is 1.99. The predicted molar refractivity (Wildman–Crippen MR) is 113 cm³/mol. The highest BCUT2D eigenvalue weighted by Crippen LogP contribution is 2.37. The molecule has 0 amide bonds. The van der Waals surface area contributed by atoms with Gasteiger partial charge in [-0.15, -0.1) is 0 Å². The highest BCUT2D eigenvalue weighted by Gasteiger charge is 2.21. The maximum Gasteiger partial charge on any atom is 0.178 e. The Morgan fingerprint density at radius 2 is 1.64 bits per heavy atom.